The van der Waals surface area contributed by atoms with Crippen molar-refractivity contribution in [3.63, 3.8) is 0 Å². The molecule has 2 aromatic carbocycles. The number of rotatable bonds is 6. The van der Waals surface area contributed by atoms with E-state index in [9.17, 15) is 10.1 Å². The highest BCUT2D eigenvalue weighted by atomic mass is 16.5. The zero-order chi connectivity index (χ0) is 19.1. The van der Waals surface area contributed by atoms with Crippen molar-refractivity contribution in [3.05, 3.63) is 64.9 Å². The summed E-state index contributed by atoms with van der Waals surface area (Å²) in [4.78, 5) is 12.5. The van der Waals surface area contributed by atoms with Gasteiger partial charge in [0.25, 0.3) is 5.91 Å². The molecule has 0 spiro atoms. The number of nitrogens with zero attached hydrogens (tertiary/aromatic N) is 1. The Kier molecular flexibility index (Phi) is 6.40. The molecule has 0 saturated carbocycles. The third-order valence-corrected chi connectivity index (χ3v) is 3.84. The molecule has 0 aliphatic carbocycles. The van der Waals surface area contributed by atoms with Gasteiger partial charge in [-0.2, -0.15) is 5.26 Å². The molecular formula is C21H23N3O2. The van der Waals surface area contributed by atoms with Crippen LogP contribution in [0.2, 0.25) is 0 Å². The van der Waals surface area contributed by atoms with E-state index in [0.29, 0.717) is 18.0 Å². The van der Waals surface area contributed by atoms with E-state index < -0.39 is 5.91 Å². The van der Waals surface area contributed by atoms with Crippen LogP contribution in [-0.2, 0) is 4.79 Å². The Morgan fingerprint density at radius 2 is 1.85 bits per heavy atom. The molecular weight excluding hydrogens is 326 g/mol. The zero-order valence-corrected chi connectivity index (χ0v) is 15.5. The van der Waals surface area contributed by atoms with Gasteiger partial charge in [0.2, 0.25) is 0 Å². The van der Waals surface area contributed by atoms with E-state index in [4.69, 9.17) is 4.74 Å². The van der Waals surface area contributed by atoms with Crippen LogP contribution in [-0.4, -0.2) is 12.5 Å². The number of anilines is 2. The molecule has 5 nitrogen and oxygen atoms in total. The molecule has 26 heavy (non-hydrogen) atoms. The van der Waals surface area contributed by atoms with Crippen LogP contribution in [0.4, 0.5) is 11.4 Å². The van der Waals surface area contributed by atoms with Crippen LogP contribution in [0.3, 0.4) is 0 Å². The molecule has 0 fully saturated rings. The summed E-state index contributed by atoms with van der Waals surface area (Å²) in [5, 5.41) is 15.2. The molecule has 2 N–H and O–H groups in total. The minimum Gasteiger partial charge on any atom is -0.492 e. The number of benzene rings is 2. The van der Waals surface area contributed by atoms with E-state index >= 15 is 0 Å². The molecule has 5 heteroatoms. The smallest absolute Gasteiger partial charge is 0.267 e. The summed E-state index contributed by atoms with van der Waals surface area (Å²) in [6.07, 6.45) is 1.39. The second kappa shape index (κ2) is 8.72. The fraction of sp³-hybridized carbons (Fsp3) is 0.238. The first-order valence-corrected chi connectivity index (χ1v) is 8.44. The van der Waals surface area contributed by atoms with E-state index in [1.165, 1.54) is 6.20 Å². The SMILES string of the molecule is CCOc1ccccc1N/C=C(/C#N)C(=O)Nc1c(C)cc(C)cc1C. The predicted octanol–water partition coefficient (Wildman–Crippen LogP) is 4.47. The van der Waals surface area contributed by atoms with Crippen LogP contribution >= 0.6 is 0 Å². The zero-order valence-electron chi connectivity index (χ0n) is 15.5. The topological polar surface area (TPSA) is 74.1 Å². The van der Waals surface area contributed by atoms with Gasteiger partial charge in [-0.3, -0.25) is 4.79 Å². The number of carbonyl (C=O) groups excluding carboxylic acids is 1. The number of amides is 1. The third-order valence-electron chi connectivity index (χ3n) is 3.84. The maximum atomic E-state index is 12.5. The Bertz CT molecular complexity index is 856. The van der Waals surface area contributed by atoms with Gasteiger partial charge in [-0.05, 0) is 51.0 Å². The van der Waals surface area contributed by atoms with Crippen molar-refractivity contribution < 1.29 is 9.53 Å². The van der Waals surface area contributed by atoms with Crippen LogP contribution in [0.15, 0.2) is 48.2 Å². The van der Waals surface area contributed by atoms with Crippen molar-refractivity contribution in [2.24, 2.45) is 0 Å². The number of aryl methyl sites for hydroxylation is 3. The lowest BCUT2D eigenvalue weighted by atomic mass is 10.0. The third kappa shape index (κ3) is 4.64. The highest BCUT2D eigenvalue weighted by Gasteiger charge is 2.13. The number of hydrogen-bond donors (Lipinski definition) is 2. The molecule has 0 aromatic heterocycles. The second-order valence-corrected chi connectivity index (χ2v) is 5.97. The molecule has 0 atom stereocenters. The number of nitrogens with one attached hydrogen (secondary N) is 2. The number of para-hydroxylation sites is 2. The minimum absolute atomic E-state index is 0.0179. The van der Waals surface area contributed by atoms with Crippen molar-refractivity contribution >= 4 is 17.3 Å². The first kappa shape index (κ1) is 19.1. The average Bonchev–Trinajstić information content (AvgIpc) is 2.60. The molecule has 2 rings (SSSR count). The fourth-order valence-electron chi connectivity index (χ4n) is 2.72. The lowest BCUT2D eigenvalue weighted by Crippen LogP contribution is -2.16. The molecule has 0 bridgehead atoms. The van der Waals surface area contributed by atoms with E-state index in [-0.39, 0.29) is 5.57 Å². The van der Waals surface area contributed by atoms with Crippen LogP contribution in [0, 0.1) is 32.1 Å². The lowest BCUT2D eigenvalue weighted by Gasteiger charge is -2.13. The lowest BCUT2D eigenvalue weighted by molar-refractivity contribution is -0.112. The number of hydrogen-bond acceptors (Lipinski definition) is 4. The van der Waals surface area contributed by atoms with Crippen molar-refractivity contribution in [1.82, 2.24) is 0 Å². The molecule has 0 unspecified atom stereocenters. The molecule has 0 aliphatic heterocycles. The van der Waals surface area contributed by atoms with Crippen LogP contribution < -0.4 is 15.4 Å². The molecule has 0 heterocycles. The van der Waals surface area contributed by atoms with Crippen molar-refractivity contribution in [3.8, 4) is 11.8 Å². The van der Waals surface area contributed by atoms with E-state index in [2.05, 4.69) is 10.6 Å². The first-order chi connectivity index (χ1) is 12.5. The van der Waals surface area contributed by atoms with E-state index in [1.807, 2.05) is 70.2 Å². The molecule has 0 aliphatic rings. The summed E-state index contributed by atoms with van der Waals surface area (Å²) in [7, 11) is 0. The minimum atomic E-state index is -0.455. The summed E-state index contributed by atoms with van der Waals surface area (Å²) in [5.41, 5.74) is 4.46. The standard InChI is InChI=1S/C21H23N3O2/c1-5-26-19-9-7-6-8-18(19)23-13-17(12-22)21(25)24-20-15(3)10-14(2)11-16(20)4/h6-11,13,23H,5H2,1-4H3,(H,24,25)/b17-13-. The molecule has 1 amide bonds. The van der Waals surface area contributed by atoms with Gasteiger partial charge in [-0.25, -0.2) is 0 Å². The molecule has 134 valence electrons. The van der Waals surface area contributed by atoms with Gasteiger partial charge in [0.15, 0.2) is 0 Å². The summed E-state index contributed by atoms with van der Waals surface area (Å²) in [5.74, 6) is 0.207. The van der Waals surface area contributed by atoms with Crippen LogP contribution in [0.1, 0.15) is 23.6 Å². The Morgan fingerprint density at radius 1 is 1.19 bits per heavy atom. The van der Waals surface area contributed by atoms with E-state index in [0.717, 1.165) is 22.4 Å². The monoisotopic (exact) mass is 349 g/mol. The van der Waals surface area contributed by atoms with Crippen LogP contribution in [0.25, 0.3) is 0 Å². The fourth-order valence-corrected chi connectivity index (χ4v) is 2.72. The maximum Gasteiger partial charge on any atom is 0.267 e. The summed E-state index contributed by atoms with van der Waals surface area (Å²) in [6.45, 7) is 8.29. The molecule has 0 saturated heterocycles. The Morgan fingerprint density at radius 3 is 2.46 bits per heavy atom. The summed E-state index contributed by atoms with van der Waals surface area (Å²) in [6, 6.07) is 13.3. The van der Waals surface area contributed by atoms with Gasteiger partial charge >= 0.3 is 0 Å². The van der Waals surface area contributed by atoms with Crippen molar-refractivity contribution in [2.45, 2.75) is 27.7 Å². The molecule has 2 aromatic rings. The van der Waals surface area contributed by atoms with Crippen LogP contribution in [0.5, 0.6) is 5.75 Å². The highest BCUT2D eigenvalue weighted by molar-refractivity contribution is 6.07. The Labute approximate surface area is 154 Å². The first-order valence-electron chi connectivity index (χ1n) is 8.44. The van der Waals surface area contributed by atoms with Gasteiger partial charge in [0, 0.05) is 11.9 Å². The number of nitriles is 1. The Balaban J connectivity index is 2.20. The summed E-state index contributed by atoms with van der Waals surface area (Å²) < 4.78 is 5.53. The maximum absolute atomic E-state index is 12.5. The van der Waals surface area contributed by atoms with Gasteiger partial charge < -0.3 is 15.4 Å². The largest absolute Gasteiger partial charge is 0.492 e. The van der Waals surface area contributed by atoms with Gasteiger partial charge in [-0.15, -0.1) is 0 Å². The predicted molar refractivity (Wildman–Crippen MR) is 104 cm³/mol. The quantitative estimate of drug-likeness (QED) is 0.596. The van der Waals surface area contributed by atoms with Crippen molar-refractivity contribution in [2.75, 3.05) is 17.2 Å². The number of carbonyl (C=O) groups is 1. The highest BCUT2D eigenvalue weighted by Crippen LogP contribution is 2.25. The molecule has 0 radical (unpaired) electrons. The van der Waals surface area contributed by atoms with E-state index in [1.54, 1.807) is 0 Å². The van der Waals surface area contributed by atoms with Gasteiger partial charge in [0.1, 0.15) is 17.4 Å². The average molecular weight is 349 g/mol. The van der Waals surface area contributed by atoms with Gasteiger partial charge in [-0.1, -0.05) is 29.8 Å². The number of ether oxygens (including phenoxy) is 1. The normalized spacial score (nSPS) is 10.8. The summed E-state index contributed by atoms with van der Waals surface area (Å²) >= 11 is 0. The Hall–Kier alpha value is -3.26. The van der Waals surface area contributed by atoms with Crippen molar-refractivity contribution in [1.29, 1.82) is 5.26 Å². The second-order valence-electron chi connectivity index (χ2n) is 5.97. The van der Waals surface area contributed by atoms with Gasteiger partial charge in [0.05, 0.1) is 12.3 Å².